The van der Waals surface area contributed by atoms with Gasteiger partial charge in [0, 0.05) is 0 Å². The minimum atomic E-state index is -1.06. The molecule has 3 N–H and O–H groups in total. The molecule has 94 valence electrons. The maximum absolute atomic E-state index is 11.3. The number of imidazole rings is 1. The number of carbonyl (C=O) groups excluding carboxylic acids is 1. The molecule has 1 atom stereocenters. The number of benzene rings is 1. The molecule has 6 heteroatoms. The average Bonchev–Trinajstić information content (AvgIpc) is 2.63. The Morgan fingerprint density at radius 2 is 2.11 bits per heavy atom. The van der Waals surface area contributed by atoms with Crippen LogP contribution in [0.25, 0.3) is 11.0 Å². The van der Waals surface area contributed by atoms with Gasteiger partial charge in [-0.15, -0.1) is 0 Å². The van der Waals surface area contributed by atoms with Crippen molar-refractivity contribution in [2.45, 2.75) is 19.9 Å². The van der Waals surface area contributed by atoms with Crippen molar-refractivity contribution in [3.63, 3.8) is 0 Å². The molecule has 1 heterocycles. The van der Waals surface area contributed by atoms with Crippen molar-refractivity contribution in [1.82, 2.24) is 9.55 Å². The lowest BCUT2D eigenvalue weighted by molar-refractivity contribution is -0.120. The Balaban J connectivity index is 2.83. The maximum atomic E-state index is 11.3. The van der Waals surface area contributed by atoms with Crippen molar-refractivity contribution in [2.24, 2.45) is 5.73 Å². The van der Waals surface area contributed by atoms with Crippen LogP contribution >= 0.6 is 0 Å². The van der Waals surface area contributed by atoms with E-state index in [1.165, 1.54) is 6.07 Å². The van der Waals surface area contributed by atoms with Gasteiger partial charge >= 0.3 is 5.97 Å². The highest BCUT2D eigenvalue weighted by atomic mass is 16.4. The molecule has 0 bridgehead atoms. The number of aryl methyl sites for hydroxylation is 1. The van der Waals surface area contributed by atoms with Crippen LogP contribution in [0.3, 0.4) is 0 Å². The molecule has 0 aliphatic heterocycles. The molecule has 2 aromatic rings. The van der Waals surface area contributed by atoms with E-state index in [0.29, 0.717) is 16.9 Å². The van der Waals surface area contributed by atoms with Gasteiger partial charge in [-0.1, -0.05) is 6.07 Å². The molecule has 2 rings (SSSR count). The van der Waals surface area contributed by atoms with Crippen LogP contribution in [0.4, 0.5) is 0 Å². The highest BCUT2D eigenvalue weighted by Crippen LogP contribution is 2.24. The van der Waals surface area contributed by atoms with Gasteiger partial charge < -0.3 is 15.4 Å². The Bertz CT molecular complexity index is 645. The first kappa shape index (κ1) is 12.1. The smallest absolute Gasteiger partial charge is 0.337 e. The van der Waals surface area contributed by atoms with Crippen LogP contribution in [0.15, 0.2) is 18.2 Å². The molecule has 0 aliphatic carbocycles. The van der Waals surface area contributed by atoms with Gasteiger partial charge in [0.15, 0.2) is 0 Å². The summed E-state index contributed by atoms with van der Waals surface area (Å²) in [7, 11) is 0. The van der Waals surface area contributed by atoms with E-state index in [1.54, 1.807) is 30.5 Å². The van der Waals surface area contributed by atoms with Gasteiger partial charge in [-0.2, -0.15) is 0 Å². The summed E-state index contributed by atoms with van der Waals surface area (Å²) in [5, 5.41) is 9.18. The highest BCUT2D eigenvalue weighted by molar-refractivity contribution is 6.01. The predicted octanol–water partition coefficient (Wildman–Crippen LogP) is 1.09. The summed E-state index contributed by atoms with van der Waals surface area (Å²) in [6, 6.07) is 4.17. The predicted molar refractivity (Wildman–Crippen MR) is 65.3 cm³/mol. The zero-order valence-corrected chi connectivity index (χ0v) is 10.0. The summed E-state index contributed by atoms with van der Waals surface area (Å²) < 4.78 is 1.56. The summed E-state index contributed by atoms with van der Waals surface area (Å²) in [6.45, 7) is 3.33. The number of carboxylic acids is 1. The third kappa shape index (κ3) is 1.71. The summed E-state index contributed by atoms with van der Waals surface area (Å²) in [5.74, 6) is -1.03. The number of para-hydroxylation sites is 1. The Labute approximate surface area is 103 Å². The zero-order chi connectivity index (χ0) is 13.4. The fraction of sp³-hybridized carbons (Fsp3) is 0.250. The van der Waals surface area contributed by atoms with E-state index < -0.39 is 17.9 Å². The molecule has 1 unspecified atom stereocenters. The van der Waals surface area contributed by atoms with Crippen molar-refractivity contribution >= 4 is 22.9 Å². The van der Waals surface area contributed by atoms with Crippen LogP contribution in [-0.2, 0) is 4.79 Å². The summed E-state index contributed by atoms with van der Waals surface area (Å²) >= 11 is 0. The van der Waals surface area contributed by atoms with E-state index in [9.17, 15) is 14.7 Å². The lowest BCUT2D eigenvalue weighted by atomic mass is 10.1. The fourth-order valence-electron chi connectivity index (χ4n) is 2.04. The Hall–Kier alpha value is -2.37. The largest absolute Gasteiger partial charge is 0.478 e. The number of hydrogen-bond donors (Lipinski definition) is 2. The normalized spacial score (nSPS) is 12.6. The number of rotatable bonds is 3. The molecule has 6 nitrogen and oxygen atoms in total. The second kappa shape index (κ2) is 4.14. The van der Waals surface area contributed by atoms with Crippen molar-refractivity contribution in [3.05, 3.63) is 29.6 Å². The molecule has 0 aliphatic rings. The van der Waals surface area contributed by atoms with Crippen molar-refractivity contribution < 1.29 is 14.7 Å². The van der Waals surface area contributed by atoms with Crippen molar-refractivity contribution in [2.75, 3.05) is 0 Å². The standard InChI is InChI=1S/C12H13N3O3/c1-6(11(13)16)15-7(2)14-9-5-3-4-8(10(9)15)12(17)18/h3-6H,1-2H3,(H2,13,16)(H,17,18). The molecule has 0 spiro atoms. The van der Waals surface area contributed by atoms with E-state index >= 15 is 0 Å². The lowest BCUT2D eigenvalue weighted by Gasteiger charge is -2.13. The van der Waals surface area contributed by atoms with Crippen molar-refractivity contribution in [1.29, 1.82) is 0 Å². The fourth-order valence-corrected chi connectivity index (χ4v) is 2.04. The molecule has 0 radical (unpaired) electrons. The summed E-state index contributed by atoms with van der Waals surface area (Å²) in [5.41, 5.74) is 6.36. The van der Waals surface area contributed by atoms with Crippen LogP contribution in [-0.4, -0.2) is 26.5 Å². The number of nitrogens with zero attached hydrogens (tertiary/aromatic N) is 2. The Morgan fingerprint density at radius 1 is 1.44 bits per heavy atom. The van der Waals surface area contributed by atoms with Crippen LogP contribution in [0.2, 0.25) is 0 Å². The van der Waals surface area contributed by atoms with Gasteiger partial charge in [-0.25, -0.2) is 9.78 Å². The second-order valence-electron chi connectivity index (χ2n) is 4.09. The number of aromatic carboxylic acids is 1. The number of nitrogens with two attached hydrogens (primary N) is 1. The molecular formula is C12H13N3O3. The van der Waals surface area contributed by atoms with Crippen LogP contribution in [0.5, 0.6) is 0 Å². The third-order valence-electron chi connectivity index (χ3n) is 2.92. The topological polar surface area (TPSA) is 98.2 Å². The number of carboxylic acid groups (broad SMARTS) is 1. The molecule has 1 aromatic carbocycles. The first-order chi connectivity index (χ1) is 8.43. The monoisotopic (exact) mass is 247 g/mol. The lowest BCUT2D eigenvalue weighted by Crippen LogP contribution is -2.25. The van der Waals surface area contributed by atoms with E-state index in [4.69, 9.17) is 5.73 Å². The summed E-state index contributed by atoms with van der Waals surface area (Å²) in [4.78, 5) is 26.8. The number of fused-ring (bicyclic) bond motifs is 1. The van der Waals surface area contributed by atoms with Gasteiger partial charge in [0.25, 0.3) is 0 Å². The van der Waals surface area contributed by atoms with Gasteiger partial charge in [0.05, 0.1) is 16.6 Å². The third-order valence-corrected chi connectivity index (χ3v) is 2.92. The first-order valence-corrected chi connectivity index (χ1v) is 5.43. The highest BCUT2D eigenvalue weighted by Gasteiger charge is 2.21. The zero-order valence-electron chi connectivity index (χ0n) is 10.0. The average molecular weight is 247 g/mol. The number of amides is 1. The first-order valence-electron chi connectivity index (χ1n) is 5.43. The van der Waals surface area contributed by atoms with E-state index in [2.05, 4.69) is 4.98 Å². The van der Waals surface area contributed by atoms with Gasteiger partial charge in [-0.3, -0.25) is 4.79 Å². The molecule has 0 fully saturated rings. The van der Waals surface area contributed by atoms with Crippen LogP contribution in [0.1, 0.15) is 29.1 Å². The minimum Gasteiger partial charge on any atom is -0.478 e. The SMILES string of the molecule is Cc1nc2cccc(C(=O)O)c2n1C(C)C(N)=O. The number of aromatic nitrogens is 2. The van der Waals surface area contributed by atoms with E-state index in [0.717, 1.165) is 0 Å². The maximum Gasteiger partial charge on any atom is 0.337 e. The summed E-state index contributed by atoms with van der Waals surface area (Å²) in [6.07, 6.45) is 0. The number of carbonyl (C=O) groups is 2. The molecule has 1 amide bonds. The van der Waals surface area contributed by atoms with E-state index in [-0.39, 0.29) is 5.56 Å². The van der Waals surface area contributed by atoms with Crippen LogP contribution in [0, 0.1) is 6.92 Å². The quantitative estimate of drug-likeness (QED) is 0.848. The Kier molecular flexibility index (Phi) is 2.78. The van der Waals surface area contributed by atoms with Crippen LogP contribution < -0.4 is 5.73 Å². The molecule has 18 heavy (non-hydrogen) atoms. The van der Waals surface area contributed by atoms with Gasteiger partial charge in [-0.05, 0) is 26.0 Å². The molecular weight excluding hydrogens is 234 g/mol. The Morgan fingerprint density at radius 3 is 2.67 bits per heavy atom. The minimum absolute atomic E-state index is 0.112. The molecule has 0 saturated carbocycles. The van der Waals surface area contributed by atoms with Crippen molar-refractivity contribution in [3.8, 4) is 0 Å². The van der Waals surface area contributed by atoms with E-state index in [1.807, 2.05) is 0 Å². The molecule has 1 aromatic heterocycles. The number of primary amides is 1. The molecule has 0 saturated heterocycles. The van der Waals surface area contributed by atoms with Gasteiger partial charge in [0.2, 0.25) is 5.91 Å². The van der Waals surface area contributed by atoms with Gasteiger partial charge in [0.1, 0.15) is 11.9 Å². The second-order valence-corrected chi connectivity index (χ2v) is 4.09. The number of hydrogen-bond acceptors (Lipinski definition) is 3.